The van der Waals surface area contributed by atoms with Crippen molar-refractivity contribution < 1.29 is 4.79 Å². The molecule has 4 heteroatoms. The first kappa shape index (κ1) is 12.3. The predicted molar refractivity (Wildman–Crippen MR) is 73.7 cm³/mol. The second kappa shape index (κ2) is 5.51. The Kier molecular flexibility index (Phi) is 3.58. The first-order valence-electron chi connectivity index (χ1n) is 7.10. The molecule has 1 aromatic heterocycles. The molecule has 0 N–H and O–H groups in total. The topological polar surface area (TPSA) is 45.6 Å². The lowest BCUT2D eigenvalue weighted by molar-refractivity contribution is -0.131. The van der Waals surface area contributed by atoms with Gasteiger partial charge in [-0.1, -0.05) is 25.3 Å². The van der Waals surface area contributed by atoms with Gasteiger partial charge in [-0.15, -0.1) is 0 Å². The Labute approximate surface area is 113 Å². The lowest BCUT2D eigenvalue weighted by atomic mass is 9.95. The third kappa shape index (κ3) is 2.83. The van der Waals surface area contributed by atoms with Crippen molar-refractivity contribution in [3.8, 4) is 0 Å². The third-order valence-electron chi connectivity index (χ3n) is 3.91. The molecule has 0 aromatic carbocycles. The fourth-order valence-corrected chi connectivity index (χ4v) is 2.95. The van der Waals surface area contributed by atoms with Crippen molar-refractivity contribution in [2.45, 2.75) is 51.0 Å². The zero-order valence-electron chi connectivity index (χ0n) is 11.1. The maximum Gasteiger partial charge on any atom is 0.248 e. The number of rotatable bonds is 3. The molecule has 1 aliphatic carbocycles. The van der Waals surface area contributed by atoms with Gasteiger partial charge in [0.05, 0.1) is 18.2 Å². The van der Waals surface area contributed by atoms with E-state index in [0.29, 0.717) is 12.5 Å². The molecule has 3 rings (SSSR count). The number of amides is 1. The predicted octanol–water partition coefficient (Wildman–Crippen LogP) is 2.55. The highest BCUT2D eigenvalue weighted by atomic mass is 16.2. The van der Waals surface area contributed by atoms with E-state index in [2.05, 4.69) is 10.1 Å². The minimum atomic E-state index is 0.172. The average molecular weight is 257 g/mol. The van der Waals surface area contributed by atoms with Crippen LogP contribution in [0, 0.1) is 0 Å². The Morgan fingerprint density at radius 3 is 2.84 bits per heavy atom. The quantitative estimate of drug-likeness (QED) is 0.835. The summed E-state index contributed by atoms with van der Waals surface area (Å²) in [5.74, 6) is 0.172. The Hall–Kier alpha value is -1.71. The number of carbonyl (C=O) groups excluding carboxylic acids is 1. The lowest BCUT2D eigenvalue weighted by Crippen LogP contribution is -2.34. The van der Waals surface area contributed by atoms with Gasteiger partial charge in [0.1, 0.15) is 0 Å². The van der Waals surface area contributed by atoms with Gasteiger partial charge in [0.25, 0.3) is 0 Å². The van der Waals surface area contributed by atoms with Crippen molar-refractivity contribution >= 4 is 11.6 Å². The largest absolute Gasteiger partial charge is 0.273 e. The number of hydrogen-bond acceptors (Lipinski definition) is 3. The maximum absolute atomic E-state index is 12.1. The molecule has 1 aliphatic heterocycles. The molecule has 0 atom stereocenters. The van der Waals surface area contributed by atoms with E-state index in [0.717, 1.165) is 30.5 Å². The number of aromatic nitrogens is 1. The summed E-state index contributed by atoms with van der Waals surface area (Å²) < 4.78 is 0. The number of carbonyl (C=O) groups is 1. The van der Waals surface area contributed by atoms with Gasteiger partial charge in [-0.05, 0) is 24.5 Å². The zero-order chi connectivity index (χ0) is 13.1. The van der Waals surface area contributed by atoms with Crippen LogP contribution < -0.4 is 0 Å². The summed E-state index contributed by atoms with van der Waals surface area (Å²) in [6.07, 6.45) is 10.8. The van der Waals surface area contributed by atoms with Gasteiger partial charge in [-0.2, -0.15) is 5.10 Å². The molecule has 2 aliphatic rings. The first-order valence-corrected chi connectivity index (χ1v) is 7.10. The molecule has 0 saturated heterocycles. The van der Waals surface area contributed by atoms with Gasteiger partial charge < -0.3 is 0 Å². The lowest BCUT2D eigenvalue weighted by Gasteiger charge is -2.27. The minimum absolute atomic E-state index is 0.172. The van der Waals surface area contributed by atoms with Crippen LogP contribution in [0.4, 0.5) is 0 Å². The van der Waals surface area contributed by atoms with Crippen LogP contribution in [-0.2, 0) is 11.2 Å². The van der Waals surface area contributed by atoms with Crippen molar-refractivity contribution in [1.29, 1.82) is 0 Å². The highest BCUT2D eigenvalue weighted by Crippen LogP contribution is 2.26. The molecular formula is C15H19N3O. The fourth-order valence-electron chi connectivity index (χ4n) is 2.95. The fraction of sp³-hybridized carbons (Fsp3) is 0.533. The van der Waals surface area contributed by atoms with Crippen molar-refractivity contribution in [3.05, 3.63) is 30.1 Å². The minimum Gasteiger partial charge on any atom is -0.273 e. The van der Waals surface area contributed by atoms with Crippen molar-refractivity contribution in [1.82, 2.24) is 9.99 Å². The monoisotopic (exact) mass is 257 g/mol. The summed E-state index contributed by atoms with van der Waals surface area (Å²) in [5, 5.41) is 6.32. The smallest absolute Gasteiger partial charge is 0.248 e. The molecule has 1 fully saturated rings. The molecule has 0 unspecified atom stereocenters. The van der Waals surface area contributed by atoms with E-state index < -0.39 is 0 Å². The van der Waals surface area contributed by atoms with Crippen LogP contribution in [0.25, 0.3) is 0 Å². The van der Waals surface area contributed by atoms with Crippen LogP contribution in [-0.4, -0.2) is 27.7 Å². The Bertz CT molecular complexity index is 477. The van der Waals surface area contributed by atoms with Crippen molar-refractivity contribution in [2.24, 2.45) is 5.10 Å². The second-order valence-electron chi connectivity index (χ2n) is 5.41. The summed E-state index contributed by atoms with van der Waals surface area (Å²) in [6, 6.07) is 4.29. The van der Waals surface area contributed by atoms with E-state index in [1.807, 2.05) is 18.3 Å². The van der Waals surface area contributed by atoms with Crippen LogP contribution in [0.1, 0.15) is 44.1 Å². The summed E-state index contributed by atoms with van der Waals surface area (Å²) in [5.41, 5.74) is 2.10. The summed E-state index contributed by atoms with van der Waals surface area (Å²) in [7, 11) is 0. The maximum atomic E-state index is 12.1. The molecule has 19 heavy (non-hydrogen) atoms. The summed E-state index contributed by atoms with van der Waals surface area (Å²) in [4.78, 5) is 16.2. The number of nitrogens with zero attached hydrogens (tertiary/aromatic N) is 3. The summed E-state index contributed by atoms with van der Waals surface area (Å²) >= 11 is 0. The van der Waals surface area contributed by atoms with Crippen LogP contribution in [0.2, 0.25) is 0 Å². The van der Waals surface area contributed by atoms with E-state index in [-0.39, 0.29) is 5.91 Å². The number of hydrazone groups is 1. The van der Waals surface area contributed by atoms with E-state index in [9.17, 15) is 4.79 Å². The zero-order valence-corrected chi connectivity index (χ0v) is 11.1. The van der Waals surface area contributed by atoms with Crippen molar-refractivity contribution in [2.75, 3.05) is 0 Å². The molecule has 1 amide bonds. The van der Waals surface area contributed by atoms with Gasteiger partial charge in [0.15, 0.2) is 0 Å². The SMILES string of the molecule is O=C1CC(Cc2cccnc2)=NN1C1CCCCC1. The molecule has 0 spiro atoms. The Balaban J connectivity index is 1.68. The first-order chi connectivity index (χ1) is 9.33. The van der Waals surface area contributed by atoms with E-state index in [1.165, 1.54) is 19.3 Å². The molecule has 0 radical (unpaired) electrons. The third-order valence-corrected chi connectivity index (χ3v) is 3.91. The van der Waals surface area contributed by atoms with Crippen LogP contribution in [0.3, 0.4) is 0 Å². The second-order valence-corrected chi connectivity index (χ2v) is 5.41. The molecule has 4 nitrogen and oxygen atoms in total. The van der Waals surface area contributed by atoms with E-state index >= 15 is 0 Å². The highest BCUT2D eigenvalue weighted by molar-refractivity contribution is 6.05. The number of hydrogen-bond donors (Lipinski definition) is 0. The Morgan fingerprint density at radius 1 is 1.26 bits per heavy atom. The van der Waals surface area contributed by atoms with Gasteiger partial charge in [0.2, 0.25) is 5.91 Å². The molecule has 1 aromatic rings. The van der Waals surface area contributed by atoms with Crippen molar-refractivity contribution in [3.63, 3.8) is 0 Å². The molecule has 1 saturated carbocycles. The van der Waals surface area contributed by atoms with Gasteiger partial charge in [-0.3, -0.25) is 9.78 Å². The molecular weight excluding hydrogens is 238 g/mol. The highest BCUT2D eigenvalue weighted by Gasteiger charge is 2.30. The molecule has 2 heterocycles. The number of pyridine rings is 1. The molecule has 0 bridgehead atoms. The molecule has 100 valence electrons. The summed E-state index contributed by atoms with van der Waals surface area (Å²) in [6.45, 7) is 0. The van der Waals surface area contributed by atoms with Crippen LogP contribution in [0.5, 0.6) is 0 Å². The van der Waals surface area contributed by atoms with E-state index in [1.54, 1.807) is 11.2 Å². The Morgan fingerprint density at radius 2 is 2.11 bits per heavy atom. The van der Waals surface area contributed by atoms with E-state index in [4.69, 9.17) is 0 Å². The van der Waals surface area contributed by atoms with Gasteiger partial charge in [0, 0.05) is 18.8 Å². The van der Waals surface area contributed by atoms with Gasteiger partial charge >= 0.3 is 0 Å². The van der Waals surface area contributed by atoms with Gasteiger partial charge in [-0.25, -0.2) is 5.01 Å². The van der Waals surface area contributed by atoms with Crippen LogP contribution in [0.15, 0.2) is 29.6 Å². The standard InChI is InChI=1S/C15H19N3O/c19-15-10-13(9-12-5-4-8-16-11-12)17-18(15)14-6-2-1-3-7-14/h4-5,8,11,14H,1-3,6-7,9-10H2. The normalized spacial score (nSPS) is 20.7. The average Bonchev–Trinajstić information content (AvgIpc) is 2.82. The van der Waals surface area contributed by atoms with Crippen LogP contribution >= 0.6 is 0 Å².